The maximum Gasteiger partial charge on any atom is 0.189 e. The number of halogens is 3. The summed E-state index contributed by atoms with van der Waals surface area (Å²) in [4.78, 5) is 0. The van der Waals surface area contributed by atoms with Gasteiger partial charge in [-0.1, -0.05) is 51.3 Å². The quantitative estimate of drug-likeness (QED) is 0.678. The van der Waals surface area contributed by atoms with Crippen molar-refractivity contribution in [1.82, 2.24) is 20.2 Å². The van der Waals surface area contributed by atoms with E-state index in [0.29, 0.717) is 32.8 Å². The van der Waals surface area contributed by atoms with E-state index in [0.717, 1.165) is 4.47 Å². The number of anilines is 1. The summed E-state index contributed by atoms with van der Waals surface area (Å²) in [6.07, 6.45) is 0. The largest absolute Gasteiger partial charge is 0.398 e. The highest BCUT2D eigenvalue weighted by molar-refractivity contribution is 9.10. The topological polar surface area (TPSA) is 69.6 Å². The molecule has 0 bridgehead atoms. The first kappa shape index (κ1) is 14.3. The van der Waals surface area contributed by atoms with Gasteiger partial charge in [0.1, 0.15) is 5.69 Å². The Morgan fingerprint density at radius 3 is 2.43 bits per heavy atom. The summed E-state index contributed by atoms with van der Waals surface area (Å²) in [5.74, 6) is 0.472. The molecule has 0 fully saturated rings. The molecule has 3 rings (SSSR count). The van der Waals surface area contributed by atoms with Crippen LogP contribution in [0.1, 0.15) is 0 Å². The van der Waals surface area contributed by atoms with Crippen molar-refractivity contribution in [3.8, 4) is 17.1 Å². The lowest BCUT2D eigenvalue weighted by Gasteiger charge is -2.10. The Morgan fingerprint density at radius 2 is 1.76 bits per heavy atom. The Hall–Kier alpha value is -1.63. The average molecular weight is 385 g/mol. The van der Waals surface area contributed by atoms with Crippen molar-refractivity contribution in [2.24, 2.45) is 0 Å². The Labute approximate surface area is 138 Å². The predicted molar refractivity (Wildman–Crippen MR) is 86.7 cm³/mol. The van der Waals surface area contributed by atoms with Crippen molar-refractivity contribution in [2.75, 3.05) is 5.73 Å². The van der Waals surface area contributed by atoms with Crippen LogP contribution in [0.25, 0.3) is 17.1 Å². The summed E-state index contributed by atoms with van der Waals surface area (Å²) < 4.78 is 2.25. The molecule has 0 radical (unpaired) electrons. The number of para-hydroxylation sites is 1. The molecule has 0 unspecified atom stereocenters. The van der Waals surface area contributed by atoms with Gasteiger partial charge >= 0.3 is 0 Å². The standard InChI is InChI=1S/C13H8BrCl2N5/c14-7-5-9(15)12(10(16)6-7)21-13(18-19-20-21)8-3-1-2-4-11(8)17/h1-6H,17H2. The second-order valence-corrected chi connectivity index (χ2v) is 5.95. The zero-order valence-corrected chi connectivity index (χ0v) is 13.6. The van der Waals surface area contributed by atoms with Gasteiger partial charge in [-0.25, -0.2) is 0 Å². The summed E-state index contributed by atoms with van der Waals surface area (Å²) in [7, 11) is 0. The third kappa shape index (κ3) is 2.62. The van der Waals surface area contributed by atoms with Gasteiger partial charge in [0.15, 0.2) is 5.82 Å². The van der Waals surface area contributed by atoms with Crippen LogP contribution in [0.15, 0.2) is 40.9 Å². The number of nitrogens with zero attached hydrogens (tertiary/aromatic N) is 4. The number of hydrogen-bond donors (Lipinski definition) is 1. The smallest absolute Gasteiger partial charge is 0.189 e. The Kier molecular flexibility index (Phi) is 3.84. The molecular formula is C13H8BrCl2N5. The number of tetrazole rings is 1. The number of nitrogen functional groups attached to an aromatic ring is 1. The molecule has 3 aromatic rings. The van der Waals surface area contributed by atoms with E-state index in [1.807, 2.05) is 18.2 Å². The molecule has 0 amide bonds. The molecule has 8 heteroatoms. The van der Waals surface area contributed by atoms with Gasteiger partial charge in [0.2, 0.25) is 0 Å². The van der Waals surface area contributed by atoms with E-state index in [1.165, 1.54) is 4.68 Å². The minimum Gasteiger partial charge on any atom is -0.398 e. The van der Waals surface area contributed by atoms with Crippen LogP contribution in [-0.4, -0.2) is 20.2 Å². The van der Waals surface area contributed by atoms with E-state index in [-0.39, 0.29) is 0 Å². The lowest BCUT2D eigenvalue weighted by Crippen LogP contribution is -2.03. The van der Waals surface area contributed by atoms with Gasteiger partial charge < -0.3 is 5.73 Å². The number of benzene rings is 2. The highest BCUT2D eigenvalue weighted by atomic mass is 79.9. The first-order chi connectivity index (χ1) is 10.1. The van der Waals surface area contributed by atoms with Crippen LogP contribution < -0.4 is 5.73 Å². The van der Waals surface area contributed by atoms with Crippen LogP contribution in [0.4, 0.5) is 5.69 Å². The first-order valence-corrected chi connectivity index (χ1v) is 7.41. The van der Waals surface area contributed by atoms with E-state index in [1.54, 1.807) is 18.2 Å². The van der Waals surface area contributed by atoms with Crippen LogP contribution in [0.5, 0.6) is 0 Å². The normalized spacial score (nSPS) is 10.8. The van der Waals surface area contributed by atoms with Crippen molar-refractivity contribution < 1.29 is 0 Å². The van der Waals surface area contributed by atoms with Crippen molar-refractivity contribution in [2.45, 2.75) is 0 Å². The molecule has 1 heterocycles. The zero-order chi connectivity index (χ0) is 15.0. The number of rotatable bonds is 2. The van der Waals surface area contributed by atoms with E-state index in [2.05, 4.69) is 31.5 Å². The van der Waals surface area contributed by atoms with Crippen molar-refractivity contribution in [1.29, 1.82) is 0 Å². The third-order valence-corrected chi connectivity index (χ3v) is 3.90. The number of aromatic nitrogens is 4. The first-order valence-electron chi connectivity index (χ1n) is 5.86. The fourth-order valence-electron chi connectivity index (χ4n) is 1.94. The number of hydrogen-bond acceptors (Lipinski definition) is 4. The highest BCUT2D eigenvalue weighted by Crippen LogP contribution is 2.34. The zero-order valence-electron chi connectivity index (χ0n) is 10.5. The van der Waals surface area contributed by atoms with Gasteiger partial charge in [0.25, 0.3) is 0 Å². The molecule has 2 N–H and O–H groups in total. The SMILES string of the molecule is Nc1ccccc1-c1nnnn1-c1c(Cl)cc(Br)cc1Cl. The van der Waals surface area contributed by atoms with Crippen LogP contribution in [-0.2, 0) is 0 Å². The summed E-state index contributed by atoms with van der Waals surface area (Å²) >= 11 is 15.9. The third-order valence-electron chi connectivity index (χ3n) is 2.86. The second-order valence-electron chi connectivity index (χ2n) is 4.22. The monoisotopic (exact) mass is 383 g/mol. The fraction of sp³-hybridized carbons (Fsp3) is 0. The summed E-state index contributed by atoms with van der Waals surface area (Å²) in [6.45, 7) is 0. The van der Waals surface area contributed by atoms with Crippen LogP contribution in [0.2, 0.25) is 10.0 Å². The Morgan fingerprint density at radius 1 is 1.10 bits per heavy atom. The molecule has 0 aliphatic rings. The van der Waals surface area contributed by atoms with Gasteiger partial charge in [-0.3, -0.25) is 0 Å². The van der Waals surface area contributed by atoms with Crippen molar-refractivity contribution >= 4 is 44.8 Å². The molecular weight excluding hydrogens is 377 g/mol. The minimum absolute atomic E-state index is 0.428. The average Bonchev–Trinajstić information content (AvgIpc) is 2.87. The molecule has 5 nitrogen and oxygen atoms in total. The second kappa shape index (κ2) is 5.63. The summed E-state index contributed by atoms with van der Waals surface area (Å²) in [6, 6.07) is 10.8. The predicted octanol–water partition coefficient (Wildman–Crippen LogP) is 3.98. The maximum absolute atomic E-state index is 6.26. The van der Waals surface area contributed by atoms with Gasteiger partial charge in [-0.2, -0.15) is 4.68 Å². The molecule has 2 aromatic carbocycles. The summed E-state index contributed by atoms with van der Waals surface area (Å²) in [5, 5.41) is 12.5. The van der Waals surface area contributed by atoms with E-state index >= 15 is 0 Å². The van der Waals surface area contributed by atoms with Gasteiger partial charge in [0, 0.05) is 15.7 Å². The Bertz CT molecular complexity index is 795. The molecule has 0 aliphatic carbocycles. The van der Waals surface area contributed by atoms with Crippen LogP contribution in [0, 0.1) is 0 Å². The summed E-state index contributed by atoms with van der Waals surface area (Å²) in [5.41, 5.74) is 7.75. The van der Waals surface area contributed by atoms with Crippen molar-refractivity contribution in [3.63, 3.8) is 0 Å². The van der Waals surface area contributed by atoms with Crippen LogP contribution in [0.3, 0.4) is 0 Å². The molecule has 0 atom stereocenters. The van der Waals surface area contributed by atoms with Crippen LogP contribution >= 0.6 is 39.1 Å². The van der Waals surface area contributed by atoms with E-state index in [9.17, 15) is 0 Å². The van der Waals surface area contributed by atoms with E-state index in [4.69, 9.17) is 28.9 Å². The molecule has 106 valence electrons. The van der Waals surface area contributed by atoms with Gasteiger partial charge in [0.05, 0.1) is 10.0 Å². The Balaban J connectivity index is 2.24. The molecule has 21 heavy (non-hydrogen) atoms. The lowest BCUT2D eigenvalue weighted by molar-refractivity contribution is 0.791. The molecule has 1 aromatic heterocycles. The van der Waals surface area contributed by atoms with Gasteiger partial charge in [-0.05, 0) is 34.7 Å². The molecule has 0 aliphatic heterocycles. The van der Waals surface area contributed by atoms with Gasteiger partial charge in [-0.15, -0.1) is 5.10 Å². The van der Waals surface area contributed by atoms with Crippen molar-refractivity contribution in [3.05, 3.63) is 50.9 Å². The number of nitrogens with two attached hydrogens (primary N) is 1. The molecule has 0 spiro atoms. The molecule has 0 saturated heterocycles. The lowest BCUT2D eigenvalue weighted by atomic mass is 10.1. The minimum atomic E-state index is 0.428. The highest BCUT2D eigenvalue weighted by Gasteiger charge is 2.18. The fourth-order valence-corrected chi connectivity index (χ4v) is 3.31. The van der Waals surface area contributed by atoms with E-state index < -0.39 is 0 Å². The maximum atomic E-state index is 6.26. The molecule has 0 saturated carbocycles.